The molecule has 3 aromatic heterocycles. The van der Waals surface area contributed by atoms with Crippen molar-refractivity contribution in [1.29, 1.82) is 0 Å². The molecule has 1 aromatic carbocycles. The number of carbonyl (C=O) groups is 1. The highest BCUT2D eigenvalue weighted by Crippen LogP contribution is 2.40. The summed E-state index contributed by atoms with van der Waals surface area (Å²) in [4.78, 5) is 53.0. The molecule has 328 valence electrons. The van der Waals surface area contributed by atoms with E-state index >= 15 is 0 Å². The van der Waals surface area contributed by atoms with E-state index in [2.05, 4.69) is 45.3 Å². The van der Waals surface area contributed by atoms with Crippen molar-refractivity contribution >= 4 is 40.2 Å². The molecule has 6 heterocycles. The maximum Gasteiger partial charge on any atom is 0.269 e. The lowest BCUT2D eigenvalue weighted by Gasteiger charge is -2.36. The summed E-state index contributed by atoms with van der Waals surface area (Å²) >= 11 is 0. The number of halogens is 3. The molecule has 4 aromatic rings. The van der Waals surface area contributed by atoms with Crippen molar-refractivity contribution in [2.45, 2.75) is 88.4 Å². The number of rotatable bonds is 14. The summed E-state index contributed by atoms with van der Waals surface area (Å²) in [5.41, 5.74) is -1.59. The molecular weight excluding hydrogens is 792 g/mol. The molecule has 18 heteroatoms. The van der Waals surface area contributed by atoms with E-state index in [0.717, 1.165) is 82.0 Å². The number of ether oxygens (including phenoxy) is 1. The van der Waals surface area contributed by atoms with Crippen LogP contribution in [0.4, 0.5) is 36.4 Å². The highest BCUT2D eigenvalue weighted by molar-refractivity contribution is 5.77. The Hall–Kier alpha value is -5.07. The first kappa shape index (κ1) is 42.6. The van der Waals surface area contributed by atoms with E-state index in [1.807, 2.05) is 17.0 Å². The molecule has 3 aliphatic heterocycles. The Balaban J connectivity index is 0.736. The standard InChI is InChI=1S/C43H56F3N11O4/c1-43(60)12-3-8-35(43)57-40-29(23-34(39(45)46)41(57)59)26-47-42(52-40)51-31-9-14-55(15-10-31)38(58)11-21-61-22-20-53-16-18-54(19-17-53)37-25-36(48-28-49-37)50-32-6-4-13-56(27-32)33-7-2-5-30(44)24-33/h2,5,7,23-26,28,31-32,35,39,60H,3-4,6,8-22,27H2,1H3,(H,47,51,52)(H,48,49,50)/t32-,35+,43+/m1/s1. The molecule has 3 N–H and O–H groups in total. The number of carbonyl (C=O) groups excluding carboxylic acids is 1. The first-order valence-corrected chi connectivity index (χ1v) is 21.6. The summed E-state index contributed by atoms with van der Waals surface area (Å²) in [5.74, 6) is 1.77. The van der Waals surface area contributed by atoms with Gasteiger partial charge in [-0.3, -0.25) is 19.1 Å². The summed E-state index contributed by atoms with van der Waals surface area (Å²) in [6, 6.07) is 9.40. The molecule has 15 nitrogen and oxygen atoms in total. The van der Waals surface area contributed by atoms with Gasteiger partial charge in [0.05, 0.1) is 36.8 Å². The Labute approximate surface area is 353 Å². The lowest BCUT2D eigenvalue weighted by molar-refractivity contribution is -0.133. The Morgan fingerprint density at radius 1 is 0.934 bits per heavy atom. The van der Waals surface area contributed by atoms with Crippen molar-refractivity contribution in [1.82, 2.24) is 34.3 Å². The van der Waals surface area contributed by atoms with Gasteiger partial charge in [-0.05, 0) is 76.1 Å². The van der Waals surface area contributed by atoms with Gasteiger partial charge in [0.25, 0.3) is 12.0 Å². The Morgan fingerprint density at radius 3 is 2.51 bits per heavy atom. The Bertz CT molecular complexity index is 2200. The molecule has 8 rings (SSSR count). The number of piperazine rings is 1. The van der Waals surface area contributed by atoms with Gasteiger partial charge in [-0.15, -0.1) is 0 Å². The summed E-state index contributed by atoms with van der Waals surface area (Å²) in [6.45, 7) is 9.48. The van der Waals surface area contributed by atoms with E-state index < -0.39 is 29.2 Å². The zero-order chi connectivity index (χ0) is 42.5. The SMILES string of the molecule is C[C@]1(O)CCC[C@@H]1n1c(=O)c(C(F)F)cc2cnc(NC3CCN(C(=O)CCOCCN4CCN(c5cc(N[C@@H]6CCCN(c7cccc(F)c7)C6)ncn5)CC4)CC3)nc21. The second kappa shape index (κ2) is 18.9. The molecule has 1 saturated carbocycles. The number of pyridine rings is 1. The number of hydrogen-bond acceptors (Lipinski definition) is 13. The third-order valence-electron chi connectivity index (χ3n) is 12.7. The van der Waals surface area contributed by atoms with Crippen LogP contribution in [0.1, 0.15) is 76.3 Å². The van der Waals surface area contributed by atoms with Crippen LogP contribution in [-0.2, 0) is 9.53 Å². The molecule has 4 aliphatic rings. The van der Waals surface area contributed by atoms with Crippen LogP contribution in [0.15, 0.2) is 53.7 Å². The topological polar surface area (TPSA) is 157 Å². The number of amides is 1. The largest absolute Gasteiger partial charge is 0.388 e. The molecule has 3 saturated heterocycles. The Morgan fingerprint density at radius 2 is 1.75 bits per heavy atom. The van der Waals surface area contributed by atoms with Gasteiger partial charge in [0.1, 0.15) is 29.4 Å². The minimum absolute atomic E-state index is 0.0244. The fourth-order valence-corrected chi connectivity index (χ4v) is 9.27. The monoisotopic (exact) mass is 847 g/mol. The number of likely N-dealkylation sites (tertiary alicyclic amines) is 1. The van der Waals surface area contributed by atoms with Crippen LogP contribution in [0, 0.1) is 5.82 Å². The van der Waals surface area contributed by atoms with E-state index in [1.165, 1.54) is 16.8 Å². The lowest BCUT2D eigenvalue weighted by Crippen LogP contribution is -2.47. The third kappa shape index (κ3) is 10.2. The van der Waals surface area contributed by atoms with E-state index in [9.17, 15) is 27.9 Å². The maximum absolute atomic E-state index is 13.8. The van der Waals surface area contributed by atoms with Gasteiger partial charge < -0.3 is 35.2 Å². The molecule has 1 amide bonds. The van der Waals surface area contributed by atoms with Gasteiger partial charge in [0, 0.05) is 94.3 Å². The minimum Gasteiger partial charge on any atom is -0.388 e. The molecule has 4 fully saturated rings. The number of piperidine rings is 2. The smallest absolute Gasteiger partial charge is 0.269 e. The second-order valence-corrected chi connectivity index (χ2v) is 17.0. The first-order chi connectivity index (χ1) is 29.5. The summed E-state index contributed by atoms with van der Waals surface area (Å²) in [6.07, 6.45) is 5.33. The first-order valence-electron chi connectivity index (χ1n) is 21.6. The molecule has 3 atom stereocenters. The van der Waals surface area contributed by atoms with Crippen molar-refractivity contribution in [3.8, 4) is 0 Å². The highest BCUT2D eigenvalue weighted by Gasteiger charge is 2.40. The highest BCUT2D eigenvalue weighted by atomic mass is 19.3. The quantitative estimate of drug-likeness (QED) is 0.148. The molecular formula is C43H56F3N11O4. The molecule has 1 aliphatic carbocycles. The van der Waals surface area contributed by atoms with Gasteiger partial charge >= 0.3 is 0 Å². The Kier molecular flexibility index (Phi) is 13.2. The van der Waals surface area contributed by atoms with Crippen LogP contribution < -0.4 is 26.0 Å². The predicted molar refractivity (Wildman–Crippen MR) is 227 cm³/mol. The number of nitrogens with zero attached hydrogens (tertiary/aromatic N) is 9. The normalized spacial score (nSPS) is 23.0. The van der Waals surface area contributed by atoms with Crippen LogP contribution in [0.3, 0.4) is 0 Å². The van der Waals surface area contributed by atoms with E-state index in [4.69, 9.17) is 4.74 Å². The van der Waals surface area contributed by atoms with Crippen LogP contribution in [-0.4, -0.2) is 135 Å². The fraction of sp³-hybridized carbons (Fsp3) is 0.581. The summed E-state index contributed by atoms with van der Waals surface area (Å²) < 4.78 is 48.6. The summed E-state index contributed by atoms with van der Waals surface area (Å²) in [7, 11) is 0. The van der Waals surface area contributed by atoms with E-state index in [0.29, 0.717) is 70.2 Å². The number of fused-ring (bicyclic) bond motifs is 1. The summed E-state index contributed by atoms with van der Waals surface area (Å²) in [5, 5.41) is 18.2. The number of nitrogens with one attached hydrogen (secondary N) is 2. The van der Waals surface area contributed by atoms with Gasteiger partial charge in [-0.1, -0.05) is 6.07 Å². The van der Waals surface area contributed by atoms with Crippen molar-refractivity contribution in [2.75, 3.05) is 92.5 Å². The fourth-order valence-electron chi connectivity index (χ4n) is 9.27. The van der Waals surface area contributed by atoms with Crippen LogP contribution in [0.5, 0.6) is 0 Å². The van der Waals surface area contributed by atoms with Crippen LogP contribution in [0.25, 0.3) is 11.0 Å². The average molecular weight is 848 g/mol. The van der Waals surface area contributed by atoms with Gasteiger partial charge in [-0.25, -0.2) is 28.1 Å². The number of aromatic nitrogens is 5. The van der Waals surface area contributed by atoms with Gasteiger partial charge in [0.15, 0.2) is 0 Å². The van der Waals surface area contributed by atoms with Crippen LogP contribution >= 0.6 is 0 Å². The van der Waals surface area contributed by atoms with Crippen LogP contribution in [0.2, 0.25) is 0 Å². The zero-order valence-electron chi connectivity index (χ0n) is 34.7. The van der Waals surface area contributed by atoms with E-state index in [1.54, 1.807) is 25.4 Å². The molecule has 0 unspecified atom stereocenters. The lowest BCUT2D eigenvalue weighted by atomic mass is 9.99. The molecule has 0 radical (unpaired) electrons. The molecule has 0 spiro atoms. The number of anilines is 4. The van der Waals surface area contributed by atoms with E-state index in [-0.39, 0.29) is 35.4 Å². The number of hydrogen-bond donors (Lipinski definition) is 3. The zero-order valence-corrected chi connectivity index (χ0v) is 34.7. The van der Waals surface area contributed by atoms with Crippen molar-refractivity contribution in [2.24, 2.45) is 0 Å². The second-order valence-electron chi connectivity index (χ2n) is 17.0. The predicted octanol–water partition coefficient (Wildman–Crippen LogP) is 4.85. The number of alkyl halides is 2. The van der Waals surface area contributed by atoms with Crippen molar-refractivity contribution in [3.05, 3.63) is 70.7 Å². The number of aliphatic hydroxyl groups is 1. The third-order valence-corrected chi connectivity index (χ3v) is 12.7. The average Bonchev–Trinajstić information content (AvgIpc) is 3.61. The van der Waals surface area contributed by atoms with Gasteiger partial charge in [0.2, 0.25) is 11.9 Å². The molecule has 0 bridgehead atoms. The maximum atomic E-state index is 13.8. The molecule has 61 heavy (non-hydrogen) atoms. The minimum atomic E-state index is -2.97. The number of benzene rings is 1. The van der Waals surface area contributed by atoms with Crippen molar-refractivity contribution < 1.29 is 27.8 Å². The van der Waals surface area contributed by atoms with Gasteiger partial charge in [-0.2, -0.15) is 4.98 Å². The van der Waals surface area contributed by atoms with Crippen molar-refractivity contribution in [3.63, 3.8) is 0 Å².